The van der Waals surface area contributed by atoms with Gasteiger partial charge in [-0.3, -0.25) is 4.79 Å². The highest BCUT2D eigenvalue weighted by atomic mass is 16.5. The number of ether oxygens (including phenoxy) is 2. The number of methoxy groups -OCH3 is 2. The van der Waals surface area contributed by atoms with Crippen molar-refractivity contribution in [2.75, 3.05) is 14.2 Å². The summed E-state index contributed by atoms with van der Waals surface area (Å²) in [7, 11) is 5.11. The molecule has 0 spiro atoms. The first-order valence-electron chi connectivity index (χ1n) is 8.68. The highest BCUT2D eigenvalue weighted by Gasteiger charge is 2.21. The fraction of sp³-hybridized carbons (Fsp3) is 0.238. The van der Waals surface area contributed by atoms with E-state index in [0.717, 1.165) is 33.2 Å². The summed E-state index contributed by atoms with van der Waals surface area (Å²) in [6.45, 7) is 3.89. The van der Waals surface area contributed by atoms with Gasteiger partial charge in [0.2, 0.25) is 0 Å². The summed E-state index contributed by atoms with van der Waals surface area (Å²) in [6.07, 6.45) is 0. The van der Waals surface area contributed by atoms with E-state index in [-0.39, 0.29) is 5.56 Å². The maximum absolute atomic E-state index is 13.4. The average molecular weight is 363 g/mol. The van der Waals surface area contributed by atoms with Crippen molar-refractivity contribution in [1.29, 1.82) is 0 Å². The molecule has 0 bridgehead atoms. The van der Waals surface area contributed by atoms with Gasteiger partial charge in [0.1, 0.15) is 17.0 Å². The Labute approximate surface area is 156 Å². The summed E-state index contributed by atoms with van der Waals surface area (Å²) >= 11 is 0. The van der Waals surface area contributed by atoms with Crippen LogP contribution in [0.5, 0.6) is 11.5 Å². The Balaban J connectivity index is 2.20. The number of fused-ring (bicyclic) bond motifs is 3. The second-order valence-corrected chi connectivity index (χ2v) is 6.60. The van der Waals surface area contributed by atoms with Gasteiger partial charge in [0, 0.05) is 24.6 Å². The number of rotatable bonds is 3. The van der Waals surface area contributed by atoms with Crippen molar-refractivity contribution in [2.24, 2.45) is 7.05 Å². The first-order chi connectivity index (χ1) is 13.0. The van der Waals surface area contributed by atoms with E-state index in [1.807, 2.05) is 61.9 Å². The second-order valence-electron chi connectivity index (χ2n) is 6.60. The minimum atomic E-state index is -0.162. The molecule has 0 aliphatic heterocycles. The quantitative estimate of drug-likeness (QED) is 0.559. The van der Waals surface area contributed by atoms with Gasteiger partial charge >= 0.3 is 0 Å². The molecule has 27 heavy (non-hydrogen) atoms. The number of aromatic nitrogens is 3. The number of aryl methyl sites for hydroxylation is 3. The predicted molar refractivity (Wildman–Crippen MR) is 106 cm³/mol. The topological polar surface area (TPSA) is 58.3 Å². The number of para-hydroxylation sites is 1. The number of benzene rings is 2. The van der Waals surface area contributed by atoms with Crippen LogP contribution in [0.1, 0.15) is 11.3 Å². The Morgan fingerprint density at radius 3 is 2.41 bits per heavy atom. The van der Waals surface area contributed by atoms with Crippen LogP contribution in [0, 0.1) is 13.8 Å². The number of nitrogens with zero attached hydrogens (tertiary/aromatic N) is 3. The van der Waals surface area contributed by atoms with Crippen molar-refractivity contribution < 1.29 is 9.47 Å². The first kappa shape index (κ1) is 17.1. The van der Waals surface area contributed by atoms with Crippen molar-refractivity contribution in [1.82, 2.24) is 14.3 Å². The molecular formula is C21H21N3O3. The van der Waals surface area contributed by atoms with E-state index >= 15 is 0 Å². The molecule has 6 nitrogen and oxygen atoms in total. The van der Waals surface area contributed by atoms with Crippen molar-refractivity contribution in [3.63, 3.8) is 0 Å². The molecule has 4 rings (SSSR count). The molecule has 0 aliphatic carbocycles. The third kappa shape index (κ3) is 2.40. The maximum atomic E-state index is 13.4. The van der Waals surface area contributed by atoms with E-state index in [2.05, 4.69) is 5.10 Å². The number of hydrogen-bond acceptors (Lipinski definition) is 4. The van der Waals surface area contributed by atoms with Gasteiger partial charge in [0.05, 0.1) is 36.5 Å². The zero-order chi connectivity index (χ0) is 19.3. The summed E-state index contributed by atoms with van der Waals surface area (Å²) in [5.41, 5.74) is 3.83. The Kier molecular flexibility index (Phi) is 3.91. The molecule has 0 saturated carbocycles. The van der Waals surface area contributed by atoms with Crippen LogP contribution < -0.4 is 15.0 Å². The van der Waals surface area contributed by atoms with Crippen LogP contribution in [-0.2, 0) is 7.05 Å². The summed E-state index contributed by atoms with van der Waals surface area (Å²) in [4.78, 5) is 13.4. The Morgan fingerprint density at radius 1 is 1.00 bits per heavy atom. The van der Waals surface area contributed by atoms with E-state index in [1.165, 1.54) is 4.68 Å². The van der Waals surface area contributed by atoms with Crippen LogP contribution in [0.25, 0.3) is 27.5 Å². The zero-order valence-electron chi connectivity index (χ0n) is 16.0. The van der Waals surface area contributed by atoms with Gasteiger partial charge in [-0.2, -0.15) is 9.78 Å². The second kappa shape index (κ2) is 6.16. The summed E-state index contributed by atoms with van der Waals surface area (Å²) in [5, 5.41) is 6.29. The maximum Gasteiger partial charge on any atom is 0.296 e. The largest absolute Gasteiger partial charge is 0.497 e. The number of hydrogen-bond donors (Lipinski definition) is 0. The molecule has 6 heteroatoms. The summed E-state index contributed by atoms with van der Waals surface area (Å²) in [6, 6.07) is 11.5. The lowest BCUT2D eigenvalue weighted by molar-refractivity contribution is 0.398. The van der Waals surface area contributed by atoms with E-state index in [0.29, 0.717) is 17.0 Å². The van der Waals surface area contributed by atoms with Gasteiger partial charge in [-0.15, -0.1) is 0 Å². The van der Waals surface area contributed by atoms with Crippen molar-refractivity contribution in [3.05, 3.63) is 58.0 Å². The molecular weight excluding hydrogens is 342 g/mol. The molecule has 2 heterocycles. The van der Waals surface area contributed by atoms with E-state index in [4.69, 9.17) is 9.47 Å². The van der Waals surface area contributed by atoms with Crippen LogP contribution in [0.4, 0.5) is 0 Å². The van der Waals surface area contributed by atoms with Gasteiger partial charge in [-0.1, -0.05) is 18.2 Å². The Morgan fingerprint density at radius 2 is 1.74 bits per heavy atom. The molecule has 0 unspecified atom stereocenters. The van der Waals surface area contributed by atoms with Gasteiger partial charge in [-0.25, -0.2) is 0 Å². The van der Waals surface area contributed by atoms with E-state index in [9.17, 15) is 4.79 Å². The van der Waals surface area contributed by atoms with E-state index in [1.54, 1.807) is 14.2 Å². The monoisotopic (exact) mass is 363 g/mol. The van der Waals surface area contributed by atoms with Crippen molar-refractivity contribution in [3.8, 4) is 17.2 Å². The zero-order valence-corrected chi connectivity index (χ0v) is 16.0. The average Bonchev–Trinajstić information content (AvgIpc) is 2.98. The van der Waals surface area contributed by atoms with Crippen LogP contribution >= 0.6 is 0 Å². The lowest BCUT2D eigenvalue weighted by Crippen LogP contribution is -2.24. The van der Waals surface area contributed by atoms with Crippen LogP contribution in [0.3, 0.4) is 0 Å². The molecule has 0 radical (unpaired) electrons. The van der Waals surface area contributed by atoms with Crippen molar-refractivity contribution in [2.45, 2.75) is 13.8 Å². The SMILES string of the molecule is COc1cc(OC)c2c3c(C)nn(-c4ccccc4C)c(=O)c3n(C)c2c1. The van der Waals surface area contributed by atoms with Gasteiger partial charge in [-0.05, 0) is 25.5 Å². The first-order valence-corrected chi connectivity index (χ1v) is 8.68. The lowest BCUT2D eigenvalue weighted by Gasteiger charge is -2.10. The molecule has 0 atom stereocenters. The third-order valence-electron chi connectivity index (χ3n) is 5.04. The molecule has 4 aromatic rings. The minimum absolute atomic E-state index is 0.162. The highest BCUT2D eigenvalue weighted by molar-refractivity contribution is 6.12. The molecule has 0 aliphatic rings. The molecule has 0 N–H and O–H groups in total. The Hall–Kier alpha value is -3.28. The van der Waals surface area contributed by atoms with Crippen molar-refractivity contribution >= 4 is 21.8 Å². The molecule has 2 aromatic carbocycles. The lowest BCUT2D eigenvalue weighted by atomic mass is 10.1. The highest BCUT2D eigenvalue weighted by Crippen LogP contribution is 2.38. The normalized spacial score (nSPS) is 11.3. The molecule has 0 saturated heterocycles. The fourth-order valence-electron chi connectivity index (χ4n) is 3.69. The van der Waals surface area contributed by atoms with E-state index < -0.39 is 0 Å². The molecule has 0 amide bonds. The van der Waals surface area contributed by atoms with Gasteiger partial charge in [0.15, 0.2) is 0 Å². The smallest absolute Gasteiger partial charge is 0.296 e. The fourth-order valence-corrected chi connectivity index (χ4v) is 3.69. The molecule has 0 fully saturated rings. The molecule has 138 valence electrons. The van der Waals surface area contributed by atoms with Gasteiger partial charge < -0.3 is 14.0 Å². The minimum Gasteiger partial charge on any atom is -0.497 e. The Bertz CT molecular complexity index is 1250. The van der Waals surface area contributed by atoms with Crippen LogP contribution in [-0.4, -0.2) is 28.6 Å². The van der Waals surface area contributed by atoms with Crippen LogP contribution in [0.15, 0.2) is 41.2 Å². The third-order valence-corrected chi connectivity index (χ3v) is 5.04. The standard InChI is InChI=1S/C21H21N3O3/c1-12-8-6-7-9-15(12)24-21(25)20-18(13(2)22-24)19-16(23(20)3)10-14(26-4)11-17(19)27-5/h6-11H,1-5H3. The van der Waals surface area contributed by atoms with Crippen LogP contribution in [0.2, 0.25) is 0 Å². The summed E-state index contributed by atoms with van der Waals surface area (Å²) < 4.78 is 14.4. The summed E-state index contributed by atoms with van der Waals surface area (Å²) in [5.74, 6) is 1.34. The molecule has 2 aromatic heterocycles. The predicted octanol–water partition coefficient (Wildman–Crippen LogP) is 3.51. The van der Waals surface area contributed by atoms with Gasteiger partial charge in [0.25, 0.3) is 5.56 Å².